The zero-order valence-electron chi connectivity index (χ0n) is 15.5. The summed E-state index contributed by atoms with van der Waals surface area (Å²) in [6.07, 6.45) is 3.08. The van der Waals surface area contributed by atoms with E-state index in [9.17, 15) is 17.6 Å². The van der Waals surface area contributed by atoms with Crippen LogP contribution in [-0.4, -0.2) is 59.3 Å². The van der Waals surface area contributed by atoms with Crippen LogP contribution in [0.4, 0.5) is 4.39 Å². The number of hydrogen-bond donors (Lipinski definition) is 0. The number of rotatable bonds is 4. The summed E-state index contributed by atoms with van der Waals surface area (Å²) in [4.78, 5) is 18.6. The highest BCUT2D eigenvalue weighted by Crippen LogP contribution is 2.20. The van der Waals surface area contributed by atoms with E-state index in [0.29, 0.717) is 5.69 Å². The summed E-state index contributed by atoms with van der Waals surface area (Å²) in [5.41, 5.74) is 1.23. The molecule has 150 valence electrons. The lowest BCUT2D eigenvalue weighted by Crippen LogP contribution is -2.50. The zero-order valence-corrected chi connectivity index (χ0v) is 16.3. The molecule has 2 aromatic carbocycles. The Morgan fingerprint density at radius 3 is 2.38 bits per heavy atom. The van der Waals surface area contributed by atoms with Gasteiger partial charge in [0.15, 0.2) is 0 Å². The van der Waals surface area contributed by atoms with Crippen molar-refractivity contribution in [2.45, 2.75) is 4.90 Å². The number of benzene rings is 2. The number of amides is 1. The van der Waals surface area contributed by atoms with Crippen LogP contribution in [-0.2, 0) is 10.0 Å². The van der Waals surface area contributed by atoms with Crippen molar-refractivity contribution < 1.29 is 17.6 Å². The van der Waals surface area contributed by atoms with Gasteiger partial charge in [-0.25, -0.2) is 17.8 Å². The number of nitrogens with zero attached hydrogens (tertiary/aromatic N) is 4. The summed E-state index contributed by atoms with van der Waals surface area (Å²) >= 11 is 0. The molecule has 0 radical (unpaired) electrons. The summed E-state index contributed by atoms with van der Waals surface area (Å²) in [7, 11) is -3.80. The van der Waals surface area contributed by atoms with Gasteiger partial charge in [0.2, 0.25) is 10.0 Å². The molecule has 1 aliphatic heterocycles. The largest absolute Gasteiger partial charge is 0.335 e. The van der Waals surface area contributed by atoms with Crippen molar-refractivity contribution >= 4 is 15.9 Å². The molecule has 1 aromatic heterocycles. The third kappa shape index (κ3) is 3.79. The van der Waals surface area contributed by atoms with Gasteiger partial charge in [0.05, 0.1) is 17.4 Å². The van der Waals surface area contributed by atoms with Gasteiger partial charge < -0.3 is 4.90 Å². The number of halogens is 1. The van der Waals surface area contributed by atoms with Gasteiger partial charge in [0.1, 0.15) is 11.5 Å². The monoisotopic (exact) mass is 414 g/mol. The Morgan fingerprint density at radius 1 is 0.966 bits per heavy atom. The van der Waals surface area contributed by atoms with E-state index in [1.807, 2.05) is 30.3 Å². The van der Waals surface area contributed by atoms with Crippen molar-refractivity contribution in [2.24, 2.45) is 0 Å². The lowest BCUT2D eigenvalue weighted by molar-refractivity contribution is 0.0690. The van der Waals surface area contributed by atoms with E-state index in [1.165, 1.54) is 28.7 Å². The zero-order chi connectivity index (χ0) is 20.4. The molecule has 1 aliphatic rings. The maximum absolute atomic E-state index is 13.4. The molecular formula is C20H19FN4O3S. The van der Waals surface area contributed by atoms with E-state index in [-0.39, 0.29) is 37.0 Å². The minimum atomic E-state index is -3.80. The Hall–Kier alpha value is -3.04. The maximum atomic E-state index is 13.4. The summed E-state index contributed by atoms with van der Waals surface area (Å²) in [5.74, 6) is -0.816. The molecular weight excluding hydrogens is 395 g/mol. The van der Waals surface area contributed by atoms with Crippen LogP contribution in [0.1, 0.15) is 10.5 Å². The molecule has 0 aliphatic carbocycles. The molecule has 7 nitrogen and oxygen atoms in total. The van der Waals surface area contributed by atoms with E-state index in [0.717, 1.165) is 11.8 Å². The van der Waals surface area contributed by atoms with Crippen molar-refractivity contribution in [3.8, 4) is 5.69 Å². The molecule has 9 heteroatoms. The minimum Gasteiger partial charge on any atom is -0.335 e. The van der Waals surface area contributed by atoms with Gasteiger partial charge >= 0.3 is 0 Å². The van der Waals surface area contributed by atoms with Crippen molar-refractivity contribution in [1.82, 2.24) is 18.8 Å². The molecule has 0 saturated carbocycles. The smallest absolute Gasteiger partial charge is 0.272 e. The minimum absolute atomic E-state index is 0.0839. The highest BCUT2D eigenvalue weighted by atomic mass is 32.2. The number of aromatic nitrogens is 2. The van der Waals surface area contributed by atoms with Gasteiger partial charge in [-0.3, -0.25) is 9.36 Å². The molecule has 29 heavy (non-hydrogen) atoms. The second-order valence-corrected chi connectivity index (χ2v) is 8.58. The average molecular weight is 414 g/mol. The second kappa shape index (κ2) is 7.76. The predicted octanol–water partition coefficient (Wildman–Crippen LogP) is 2.16. The van der Waals surface area contributed by atoms with Gasteiger partial charge in [-0.1, -0.05) is 24.3 Å². The highest BCUT2D eigenvalue weighted by molar-refractivity contribution is 7.89. The first-order valence-electron chi connectivity index (χ1n) is 9.09. The molecule has 1 saturated heterocycles. The summed E-state index contributed by atoms with van der Waals surface area (Å²) in [5, 5.41) is 0. The summed E-state index contributed by atoms with van der Waals surface area (Å²) in [6.45, 7) is 0.773. The van der Waals surface area contributed by atoms with Crippen LogP contribution in [0.2, 0.25) is 0 Å². The van der Waals surface area contributed by atoms with Crippen molar-refractivity contribution in [3.05, 3.63) is 78.6 Å². The Labute approximate surface area is 168 Å². The average Bonchev–Trinajstić information content (AvgIpc) is 3.24. The summed E-state index contributed by atoms with van der Waals surface area (Å²) < 4.78 is 41.9. The Bertz CT molecular complexity index is 1120. The molecule has 0 N–H and O–H groups in total. The van der Waals surface area contributed by atoms with Crippen molar-refractivity contribution in [2.75, 3.05) is 26.2 Å². The number of imidazole rings is 1. The number of carbonyl (C=O) groups excluding carboxylic acids is 1. The third-order valence-electron chi connectivity index (χ3n) is 4.85. The van der Waals surface area contributed by atoms with Crippen molar-refractivity contribution in [3.63, 3.8) is 0 Å². The lowest BCUT2D eigenvalue weighted by Gasteiger charge is -2.34. The van der Waals surface area contributed by atoms with E-state index in [1.54, 1.807) is 15.8 Å². The number of para-hydroxylation sites is 1. The molecule has 0 bridgehead atoms. The maximum Gasteiger partial charge on any atom is 0.272 e. The van der Waals surface area contributed by atoms with Crippen LogP contribution in [0, 0.1) is 5.82 Å². The molecule has 1 amide bonds. The van der Waals surface area contributed by atoms with Gasteiger partial charge in [-0.15, -0.1) is 0 Å². The van der Waals surface area contributed by atoms with Gasteiger partial charge in [0, 0.05) is 31.9 Å². The number of hydrogen-bond acceptors (Lipinski definition) is 4. The number of sulfonamides is 1. The standard InChI is InChI=1S/C20H19FN4O3S/c21-16-5-4-8-18(13-16)29(27,28)24-11-9-23(10-12-24)20(26)19-14-22-15-25(19)17-6-2-1-3-7-17/h1-8,13-15H,9-12H2. The van der Waals surface area contributed by atoms with E-state index < -0.39 is 15.8 Å². The topological polar surface area (TPSA) is 75.5 Å². The first-order valence-corrected chi connectivity index (χ1v) is 10.5. The number of piperazine rings is 1. The fourth-order valence-corrected chi connectivity index (χ4v) is 4.77. The molecule has 0 spiro atoms. The van der Waals surface area contributed by atoms with Crippen LogP contribution >= 0.6 is 0 Å². The first kappa shape index (κ1) is 19.3. The van der Waals surface area contributed by atoms with E-state index in [4.69, 9.17) is 0 Å². The number of carbonyl (C=O) groups is 1. The lowest BCUT2D eigenvalue weighted by atomic mass is 10.3. The van der Waals surface area contributed by atoms with Gasteiger partial charge in [-0.05, 0) is 30.3 Å². The quantitative estimate of drug-likeness (QED) is 0.656. The van der Waals surface area contributed by atoms with Crippen LogP contribution in [0.3, 0.4) is 0 Å². The fourth-order valence-electron chi connectivity index (χ4n) is 3.32. The normalized spacial score (nSPS) is 15.4. The van der Waals surface area contributed by atoms with Gasteiger partial charge in [-0.2, -0.15) is 4.31 Å². The third-order valence-corrected chi connectivity index (χ3v) is 6.75. The Balaban J connectivity index is 1.48. The fraction of sp³-hybridized carbons (Fsp3) is 0.200. The van der Waals surface area contributed by atoms with E-state index in [2.05, 4.69) is 4.98 Å². The van der Waals surface area contributed by atoms with Crippen LogP contribution in [0.5, 0.6) is 0 Å². The molecule has 0 unspecified atom stereocenters. The van der Waals surface area contributed by atoms with Crippen molar-refractivity contribution in [1.29, 1.82) is 0 Å². The van der Waals surface area contributed by atoms with Crippen LogP contribution in [0.15, 0.2) is 72.0 Å². The molecule has 3 aromatic rings. The highest BCUT2D eigenvalue weighted by Gasteiger charge is 2.31. The van der Waals surface area contributed by atoms with Crippen LogP contribution < -0.4 is 0 Å². The molecule has 4 rings (SSSR count). The molecule has 2 heterocycles. The van der Waals surface area contributed by atoms with E-state index >= 15 is 0 Å². The molecule has 0 atom stereocenters. The molecule has 1 fully saturated rings. The SMILES string of the molecule is O=C(c1cncn1-c1ccccc1)N1CCN(S(=O)(=O)c2cccc(F)c2)CC1. The Morgan fingerprint density at radius 2 is 1.69 bits per heavy atom. The van der Waals surface area contributed by atoms with Gasteiger partial charge in [0.25, 0.3) is 5.91 Å². The predicted molar refractivity (Wildman–Crippen MR) is 105 cm³/mol. The first-order chi connectivity index (χ1) is 14.0. The van der Waals surface area contributed by atoms with Crippen LogP contribution in [0.25, 0.3) is 5.69 Å². The second-order valence-electron chi connectivity index (χ2n) is 6.64. The Kier molecular flexibility index (Phi) is 5.16. The summed E-state index contributed by atoms with van der Waals surface area (Å²) in [6, 6.07) is 14.3.